The van der Waals surface area contributed by atoms with Crippen molar-refractivity contribution in [3.8, 4) is 0 Å². The van der Waals surface area contributed by atoms with E-state index in [0.717, 1.165) is 25.2 Å². The molecule has 1 aliphatic carbocycles. The first-order chi connectivity index (χ1) is 7.63. The molecule has 0 bridgehead atoms. The highest BCUT2D eigenvalue weighted by atomic mass is 16.4. The second kappa shape index (κ2) is 6.27. The molecule has 5 heteroatoms. The number of nitrogens with zero attached hydrogens (tertiary/aromatic N) is 1. The van der Waals surface area contributed by atoms with Gasteiger partial charge in [0, 0.05) is 31.3 Å². The van der Waals surface area contributed by atoms with Crippen LogP contribution >= 0.6 is 0 Å². The Morgan fingerprint density at radius 1 is 1.44 bits per heavy atom. The summed E-state index contributed by atoms with van der Waals surface area (Å²) in [4.78, 5) is 23.6. The number of amides is 1. The molecule has 0 unspecified atom stereocenters. The van der Waals surface area contributed by atoms with E-state index in [2.05, 4.69) is 17.1 Å². The highest BCUT2D eigenvalue weighted by Crippen LogP contribution is 2.25. The van der Waals surface area contributed by atoms with Gasteiger partial charge < -0.3 is 10.4 Å². The van der Waals surface area contributed by atoms with Crippen LogP contribution < -0.4 is 5.32 Å². The van der Waals surface area contributed by atoms with Crippen LogP contribution in [0.15, 0.2) is 12.2 Å². The minimum Gasteiger partial charge on any atom is -0.478 e. The summed E-state index contributed by atoms with van der Waals surface area (Å²) in [6.07, 6.45) is 4.38. The van der Waals surface area contributed by atoms with Crippen molar-refractivity contribution >= 4 is 11.9 Å². The summed E-state index contributed by atoms with van der Waals surface area (Å²) >= 11 is 0. The quantitative estimate of drug-likeness (QED) is 0.610. The summed E-state index contributed by atoms with van der Waals surface area (Å²) in [7, 11) is 0. The lowest BCUT2D eigenvalue weighted by Crippen LogP contribution is -2.35. The molecule has 0 aliphatic heterocycles. The van der Waals surface area contributed by atoms with Gasteiger partial charge in [-0.05, 0) is 19.4 Å². The van der Waals surface area contributed by atoms with Crippen molar-refractivity contribution in [1.82, 2.24) is 10.2 Å². The maximum Gasteiger partial charge on any atom is 0.328 e. The maximum absolute atomic E-state index is 11.1. The maximum atomic E-state index is 11.1. The van der Waals surface area contributed by atoms with Crippen LogP contribution in [0.5, 0.6) is 0 Å². The predicted octanol–water partition coefficient (Wildman–Crippen LogP) is 0.228. The summed E-state index contributed by atoms with van der Waals surface area (Å²) in [5.41, 5.74) is 0. The third kappa shape index (κ3) is 4.93. The molecular weight excluding hydrogens is 208 g/mol. The minimum absolute atomic E-state index is 0.353. The monoisotopic (exact) mass is 226 g/mol. The molecule has 90 valence electrons. The van der Waals surface area contributed by atoms with E-state index in [-0.39, 0.29) is 5.91 Å². The Kier molecular flexibility index (Phi) is 4.98. The number of likely N-dealkylation sites (N-methyl/N-ethyl adjacent to an activating group) is 1. The second-order valence-electron chi connectivity index (χ2n) is 3.82. The Morgan fingerprint density at radius 2 is 2.12 bits per heavy atom. The molecule has 1 amide bonds. The van der Waals surface area contributed by atoms with Gasteiger partial charge in [0.25, 0.3) is 0 Å². The van der Waals surface area contributed by atoms with E-state index in [9.17, 15) is 9.59 Å². The van der Waals surface area contributed by atoms with E-state index in [1.165, 1.54) is 12.8 Å². The fourth-order valence-corrected chi connectivity index (χ4v) is 1.57. The highest BCUT2D eigenvalue weighted by molar-refractivity contribution is 5.93. The largest absolute Gasteiger partial charge is 0.478 e. The molecule has 0 saturated heterocycles. The van der Waals surface area contributed by atoms with Gasteiger partial charge in [0.05, 0.1) is 0 Å². The van der Waals surface area contributed by atoms with Crippen LogP contribution in [-0.2, 0) is 9.59 Å². The van der Waals surface area contributed by atoms with Crippen molar-refractivity contribution in [2.45, 2.75) is 25.8 Å². The Morgan fingerprint density at radius 3 is 2.62 bits per heavy atom. The van der Waals surface area contributed by atoms with Gasteiger partial charge in [-0.15, -0.1) is 0 Å². The number of carboxylic acids is 1. The number of carbonyl (C=O) groups is 2. The SMILES string of the molecule is CCN(CCNC(=O)/C=C/C(=O)O)C1CC1. The number of carbonyl (C=O) groups excluding carboxylic acids is 1. The third-order valence-corrected chi connectivity index (χ3v) is 2.54. The third-order valence-electron chi connectivity index (χ3n) is 2.54. The number of rotatable bonds is 7. The normalized spacial score (nSPS) is 15.6. The molecule has 1 saturated carbocycles. The van der Waals surface area contributed by atoms with E-state index >= 15 is 0 Å². The van der Waals surface area contributed by atoms with E-state index in [4.69, 9.17) is 5.11 Å². The second-order valence-corrected chi connectivity index (χ2v) is 3.82. The molecule has 0 aromatic heterocycles. The van der Waals surface area contributed by atoms with Gasteiger partial charge in [-0.25, -0.2) is 4.79 Å². The summed E-state index contributed by atoms with van der Waals surface area (Å²) in [5, 5.41) is 11.0. The standard InChI is InChI=1S/C11H18N2O3/c1-2-13(9-3-4-9)8-7-12-10(14)5-6-11(15)16/h5-6,9H,2-4,7-8H2,1H3,(H,12,14)(H,15,16)/b6-5+. The predicted molar refractivity (Wildman–Crippen MR) is 60.1 cm³/mol. The topological polar surface area (TPSA) is 69.6 Å². The van der Waals surface area contributed by atoms with Crippen molar-refractivity contribution in [2.75, 3.05) is 19.6 Å². The van der Waals surface area contributed by atoms with E-state index in [1.807, 2.05) is 0 Å². The lowest BCUT2D eigenvalue weighted by Gasteiger charge is -2.19. The van der Waals surface area contributed by atoms with Crippen LogP contribution in [0.25, 0.3) is 0 Å². The first-order valence-corrected chi connectivity index (χ1v) is 5.56. The molecule has 5 nitrogen and oxygen atoms in total. The molecule has 0 atom stereocenters. The minimum atomic E-state index is -1.11. The van der Waals surface area contributed by atoms with Crippen LogP contribution in [-0.4, -0.2) is 47.6 Å². The van der Waals surface area contributed by atoms with Crippen molar-refractivity contribution in [2.24, 2.45) is 0 Å². The van der Waals surface area contributed by atoms with Crippen molar-refractivity contribution < 1.29 is 14.7 Å². The molecule has 16 heavy (non-hydrogen) atoms. The molecule has 1 aliphatic rings. The lowest BCUT2D eigenvalue weighted by molar-refractivity contribution is -0.131. The number of hydrogen-bond acceptors (Lipinski definition) is 3. The smallest absolute Gasteiger partial charge is 0.328 e. The van der Waals surface area contributed by atoms with Crippen molar-refractivity contribution in [3.05, 3.63) is 12.2 Å². The average molecular weight is 226 g/mol. The Labute approximate surface area is 95.1 Å². The molecular formula is C11H18N2O3. The molecule has 1 rings (SSSR count). The van der Waals surface area contributed by atoms with Gasteiger partial charge in [-0.3, -0.25) is 9.69 Å². The van der Waals surface area contributed by atoms with Crippen LogP contribution in [0.2, 0.25) is 0 Å². The fraction of sp³-hybridized carbons (Fsp3) is 0.636. The van der Waals surface area contributed by atoms with Gasteiger partial charge in [-0.1, -0.05) is 6.92 Å². The van der Waals surface area contributed by atoms with Crippen LogP contribution in [0.3, 0.4) is 0 Å². The Bertz CT molecular complexity index is 285. The number of nitrogens with one attached hydrogen (secondary N) is 1. The van der Waals surface area contributed by atoms with Gasteiger partial charge in [0.2, 0.25) is 5.91 Å². The Hall–Kier alpha value is -1.36. The van der Waals surface area contributed by atoms with Gasteiger partial charge in [0.1, 0.15) is 0 Å². The van der Waals surface area contributed by atoms with E-state index in [1.54, 1.807) is 0 Å². The van der Waals surface area contributed by atoms with Crippen LogP contribution in [0.1, 0.15) is 19.8 Å². The molecule has 0 spiro atoms. The summed E-state index contributed by atoms with van der Waals surface area (Å²) < 4.78 is 0. The average Bonchev–Trinajstić information content (AvgIpc) is 3.05. The van der Waals surface area contributed by atoms with Crippen LogP contribution in [0.4, 0.5) is 0 Å². The van der Waals surface area contributed by atoms with Crippen LogP contribution in [0, 0.1) is 0 Å². The number of carboxylic acid groups (broad SMARTS) is 1. The zero-order valence-corrected chi connectivity index (χ0v) is 9.48. The first-order valence-electron chi connectivity index (χ1n) is 5.56. The van der Waals surface area contributed by atoms with Crippen molar-refractivity contribution in [1.29, 1.82) is 0 Å². The van der Waals surface area contributed by atoms with Gasteiger partial charge in [-0.2, -0.15) is 0 Å². The van der Waals surface area contributed by atoms with Crippen molar-refractivity contribution in [3.63, 3.8) is 0 Å². The molecule has 0 heterocycles. The molecule has 0 radical (unpaired) electrons. The van der Waals surface area contributed by atoms with E-state index in [0.29, 0.717) is 12.6 Å². The molecule has 2 N–H and O–H groups in total. The summed E-state index contributed by atoms with van der Waals surface area (Å²) in [6, 6.07) is 0.691. The summed E-state index contributed by atoms with van der Waals surface area (Å²) in [5.74, 6) is -1.46. The Balaban J connectivity index is 2.14. The highest BCUT2D eigenvalue weighted by Gasteiger charge is 2.27. The molecule has 1 fully saturated rings. The van der Waals surface area contributed by atoms with E-state index < -0.39 is 5.97 Å². The fourth-order valence-electron chi connectivity index (χ4n) is 1.57. The van der Waals surface area contributed by atoms with Gasteiger partial charge in [0.15, 0.2) is 0 Å². The number of hydrogen-bond donors (Lipinski definition) is 2. The lowest BCUT2D eigenvalue weighted by atomic mass is 10.4. The molecule has 0 aromatic carbocycles. The summed E-state index contributed by atoms with van der Waals surface area (Å²) in [6.45, 7) is 4.48. The van der Waals surface area contributed by atoms with Gasteiger partial charge >= 0.3 is 5.97 Å². The zero-order valence-electron chi connectivity index (χ0n) is 9.48. The molecule has 0 aromatic rings. The first kappa shape index (κ1) is 12.7. The number of aliphatic carboxylic acids is 1. The zero-order chi connectivity index (χ0) is 12.0.